The number of benzene rings is 2. The minimum Gasteiger partial charge on any atom is -0.465 e. The SMILES string of the molecule is COC(=O)c1ccc(NC(=O)C2CCN(S(=O)(=O)Cc3c(F)cccc3Cl)CC2)cc1. The number of methoxy groups -OCH3 is 1. The molecule has 0 aliphatic carbocycles. The van der Waals surface area contributed by atoms with Crippen LogP contribution in [0.25, 0.3) is 0 Å². The standard InChI is InChI=1S/C21H22ClFN2O5S/c1-30-21(27)15-5-7-16(8-6-15)24-20(26)14-9-11-25(12-10-14)31(28,29)13-17-18(22)3-2-4-19(17)23/h2-8,14H,9-13H2,1H3,(H,24,26). The maximum Gasteiger partial charge on any atom is 0.337 e. The van der Waals surface area contributed by atoms with E-state index in [1.165, 1.54) is 29.6 Å². The van der Waals surface area contributed by atoms with Crippen LogP contribution in [0.2, 0.25) is 5.02 Å². The molecule has 1 amide bonds. The molecule has 10 heteroatoms. The van der Waals surface area contributed by atoms with Gasteiger partial charge in [0, 0.05) is 35.3 Å². The summed E-state index contributed by atoms with van der Waals surface area (Å²) in [5, 5.41) is 2.84. The van der Waals surface area contributed by atoms with Crippen LogP contribution in [0.1, 0.15) is 28.8 Å². The van der Waals surface area contributed by atoms with Crippen LogP contribution >= 0.6 is 11.6 Å². The van der Waals surface area contributed by atoms with E-state index in [4.69, 9.17) is 11.6 Å². The fourth-order valence-corrected chi connectivity index (χ4v) is 5.31. The Balaban J connectivity index is 1.57. The number of anilines is 1. The fourth-order valence-electron chi connectivity index (χ4n) is 3.39. The molecule has 166 valence electrons. The zero-order chi connectivity index (χ0) is 22.6. The van der Waals surface area contributed by atoms with Crippen LogP contribution < -0.4 is 5.32 Å². The highest BCUT2D eigenvalue weighted by atomic mass is 35.5. The van der Waals surface area contributed by atoms with Crippen molar-refractivity contribution < 1.29 is 27.1 Å². The number of hydrogen-bond acceptors (Lipinski definition) is 5. The highest BCUT2D eigenvalue weighted by Crippen LogP contribution is 2.26. The Morgan fingerprint density at radius 3 is 2.39 bits per heavy atom. The van der Waals surface area contributed by atoms with E-state index in [2.05, 4.69) is 10.1 Å². The number of nitrogens with one attached hydrogen (secondary N) is 1. The summed E-state index contributed by atoms with van der Waals surface area (Å²) in [5.41, 5.74) is 0.843. The Bertz CT molecular complexity index is 1050. The number of nitrogens with zero attached hydrogens (tertiary/aromatic N) is 1. The van der Waals surface area contributed by atoms with Crippen molar-refractivity contribution in [3.8, 4) is 0 Å². The van der Waals surface area contributed by atoms with Gasteiger partial charge in [0.25, 0.3) is 0 Å². The topological polar surface area (TPSA) is 92.8 Å². The molecular formula is C21H22ClFN2O5S. The van der Waals surface area contributed by atoms with Gasteiger partial charge >= 0.3 is 5.97 Å². The van der Waals surface area contributed by atoms with Crippen molar-refractivity contribution in [2.75, 3.05) is 25.5 Å². The third-order valence-electron chi connectivity index (χ3n) is 5.18. The highest BCUT2D eigenvalue weighted by Gasteiger charge is 2.32. The van der Waals surface area contributed by atoms with Crippen molar-refractivity contribution in [2.45, 2.75) is 18.6 Å². The average molecular weight is 469 g/mol. The third-order valence-corrected chi connectivity index (χ3v) is 7.34. The molecule has 3 rings (SSSR count). The van der Waals surface area contributed by atoms with Crippen LogP contribution in [0.5, 0.6) is 0 Å². The molecule has 1 N–H and O–H groups in total. The van der Waals surface area contributed by atoms with E-state index in [-0.39, 0.29) is 35.5 Å². The maximum absolute atomic E-state index is 14.0. The molecule has 0 bridgehead atoms. The summed E-state index contributed by atoms with van der Waals surface area (Å²) >= 11 is 5.95. The normalized spacial score (nSPS) is 15.5. The first-order valence-corrected chi connectivity index (χ1v) is 11.6. The Morgan fingerprint density at radius 1 is 1.16 bits per heavy atom. The van der Waals surface area contributed by atoms with Gasteiger partial charge in [0.1, 0.15) is 5.82 Å². The van der Waals surface area contributed by atoms with Crippen molar-refractivity contribution in [1.29, 1.82) is 0 Å². The van der Waals surface area contributed by atoms with Crippen LogP contribution in [0.15, 0.2) is 42.5 Å². The van der Waals surface area contributed by atoms with Gasteiger partial charge in [-0.25, -0.2) is 21.9 Å². The lowest BCUT2D eigenvalue weighted by atomic mass is 9.97. The molecule has 0 radical (unpaired) electrons. The van der Waals surface area contributed by atoms with E-state index >= 15 is 0 Å². The second kappa shape index (κ2) is 9.76. The van der Waals surface area contributed by atoms with Crippen molar-refractivity contribution in [1.82, 2.24) is 4.31 Å². The lowest BCUT2D eigenvalue weighted by molar-refractivity contribution is -0.120. The Morgan fingerprint density at radius 2 is 1.81 bits per heavy atom. The zero-order valence-electron chi connectivity index (χ0n) is 16.8. The largest absolute Gasteiger partial charge is 0.465 e. The van der Waals surface area contributed by atoms with Crippen LogP contribution in [0.3, 0.4) is 0 Å². The summed E-state index contributed by atoms with van der Waals surface area (Å²) in [6.45, 7) is 0.321. The molecular weight excluding hydrogens is 447 g/mol. The van der Waals surface area contributed by atoms with Crippen molar-refractivity contribution in [3.63, 3.8) is 0 Å². The zero-order valence-corrected chi connectivity index (χ0v) is 18.4. The van der Waals surface area contributed by atoms with Gasteiger partial charge in [-0.3, -0.25) is 4.79 Å². The first-order chi connectivity index (χ1) is 14.7. The number of esters is 1. The molecule has 0 aromatic heterocycles. The van der Waals surface area contributed by atoms with Crippen molar-refractivity contribution in [3.05, 3.63) is 64.4 Å². The first-order valence-electron chi connectivity index (χ1n) is 9.61. The summed E-state index contributed by atoms with van der Waals surface area (Å²) in [6.07, 6.45) is 0.687. The van der Waals surface area contributed by atoms with E-state index in [1.807, 2.05) is 0 Å². The summed E-state index contributed by atoms with van der Waals surface area (Å²) in [6, 6.07) is 10.3. The van der Waals surface area contributed by atoms with Gasteiger partial charge in [-0.15, -0.1) is 0 Å². The molecule has 0 atom stereocenters. The average Bonchev–Trinajstić information content (AvgIpc) is 2.76. The molecule has 7 nitrogen and oxygen atoms in total. The minimum atomic E-state index is -3.77. The Labute approximate surface area is 185 Å². The number of carbonyl (C=O) groups is 2. The smallest absolute Gasteiger partial charge is 0.337 e. The van der Waals surface area contributed by atoms with E-state index in [0.717, 1.165) is 0 Å². The molecule has 2 aromatic rings. The molecule has 1 fully saturated rings. The van der Waals surface area contributed by atoms with Crippen LogP contribution in [0.4, 0.5) is 10.1 Å². The second-order valence-corrected chi connectivity index (χ2v) is 9.56. The van der Waals surface area contributed by atoms with Gasteiger partial charge in [0.2, 0.25) is 15.9 Å². The predicted octanol–water partition coefficient (Wildman–Crippen LogP) is 3.45. The number of rotatable bonds is 6. The Hall–Kier alpha value is -2.49. The van der Waals surface area contributed by atoms with E-state index in [9.17, 15) is 22.4 Å². The summed E-state index contributed by atoms with van der Waals surface area (Å²) < 4.78 is 45.3. The number of ether oxygens (including phenoxy) is 1. The Kier molecular flexibility index (Phi) is 7.30. The van der Waals surface area contributed by atoms with Gasteiger partial charge in [-0.05, 0) is 49.2 Å². The van der Waals surface area contributed by atoms with E-state index in [1.54, 1.807) is 24.3 Å². The van der Waals surface area contributed by atoms with Crippen LogP contribution in [-0.4, -0.2) is 44.8 Å². The molecule has 1 saturated heterocycles. The number of halogens is 2. The van der Waals surface area contributed by atoms with Gasteiger partial charge in [0.05, 0.1) is 18.4 Å². The van der Waals surface area contributed by atoms with E-state index < -0.39 is 27.6 Å². The monoisotopic (exact) mass is 468 g/mol. The first kappa shape index (κ1) is 23.2. The summed E-state index contributed by atoms with van der Waals surface area (Å²) in [7, 11) is -2.48. The lowest BCUT2D eigenvalue weighted by Crippen LogP contribution is -2.42. The molecule has 1 aliphatic heterocycles. The van der Waals surface area contributed by atoms with Crippen LogP contribution in [-0.2, 0) is 25.3 Å². The number of amides is 1. The highest BCUT2D eigenvalue weighted by molar-refractivity contribution is 7.88. The number of carbonyl (C=O) groups excluding carboxylic acids is 2. The molecule has 0 saturated carbocycles. The quantitative estimate of drug-likeness (QED) is 0.655. The molecule has 2 aromatic carbocycles. The number of piperidine rings is 1. The minimum absolute atomic E-state index is 0.0561. The maximum atomic E-state index is 14.0. The van der Waals surface area contributed by atoms with Crippen molar-refractivity contribution in [2.24, 2.45) is 5.92 Å². The van der Waals surface area contributed by atoms with E-state index in [0.29, 0.717) is 24.1 Å². The van der Waals surface area contributed by atoms with Gasteiger partial charge in [0.15, 0.2) is 0 Å². The lowest BCUT2D eigenvalue weighted by Gasteiger charge is -2.30. The predicted molar refractivity (Wildman–Crippen MR) is 115 cm³/mol. The number of hydrogen-bond donors (Lipinski definition) is 1. The molecule has 0 spiro atoms. The number of sulfonamides is 1. The summed E-state index contributed by atoms with van der Waals surface area (Å²) in [5.74, 6) is -2.24. The molecule has 1 heterocycles. The molecule has 0 unspecified atom stereocenters. The van der Waals surface area contributed by atoms with Crippen LogP contribution in [0, 0.1) is 11.7 Å². The third kappa shape index (κ3) is 5.61. The second-order valence-electron chi connectivity index (χ2n) is 7.19. The van der Waals surface area contributed by atoms with Gasteiger partial charge in [-0.2, -0.15) is 0 Å². The van der Waals surface area contributed by atoms with Gasteiger partial charge in [-0.1, -0.05) is 17.7 Å². The van der Waals surface area contributed by atoms with Gasteiger partial charge < -0.3 is 10.1 Å². The van der Waals surface area contributed by atoms with Crippen molar-refractivity contribution >= 4 is 39.2 Å². The molecule has 1 aliphatic rings. The molecule has 31 heavy (non-hydrogen) atoms. The summed E-state index contributed by atoms with van der Waals surface area (Å²) in [4.78, 5) is 24.0. The fraction of sp³-hybridized carbons (Fsp3) is 0.333.